The molecule has 0 unspecified atom stereocenters. The van der Waals surface area contributed by atoms with E-state index in [0.717, 1.165) is 11.1 Å². The number of hydrogen-bond acceptors (Lipinski definition) is 3. The average Bonchev–Trinajstić information content (AvgIpc) is 2.71. The predicted octanol–water partition coefficient (Wildman–Crippen LogP) is 2.97. The minimum atomic E-state index is -0.345. The van der Waals surface area contributed by atoms with E-state index in [9.17, 15) is 4.79 Å². The normalized spacial score (nSPS) is 10.2. The van der Waals surface area contributed by atoms with Crippen molar-refractivity contribution in [3.8, 4) is 0 Å². The molecule has 0 atom stereocenters. The van der Waals surface area contributed by atoms with Crippen LogP contribution in [0.2, 0.25) is 0 Å². The van der Waals surface area contributed by atoms with Crippen LogP contribution in [0.3, 0.4) is 0 Å². The summed E-state index contributed by atoms with van der Waals surface area (Å²) in [5.74, 6) is 0.255. The van der Waals surface area contributed by atoms with Gasteiger partial charge in [0.25, 0.3) is 0 Å². The van der Waals surface area contributed by atoms with E-state index in [1.807, 2.05) is 30.3 Å². The number of carbonyl (C=O) groups excluding carboxylic acids is 1. The first-order valence-corrected chi connectivity index (χ1v) is 5.41. The van der Waals surface area contributed by atoms with Crippen molar-refractivity contribution in [1.29, 1.82) is 0 Å². The Morgan fingerprint density at radius 1 is 1.29 bits per heavy atom. The van der Waals surface area contributed by atoms with Crippen LogP contribution in [0.15, 0.2) is 41.0 Å². The Kier molecular flexibility index (Phi) is 3.28. The molecule has 0 aliphatic carbocycles. The SMILES string of the molecule is COC(=O)c1c(Cc2ccccc2)coc1C. The van der Waals surface area contributed by atoms with Crippen molar-refractivity contribution >= 4 is 5.97 Å². The fourth-order valence-corrected chi connectivity index (χ4v) is 1.83. The van der Waals surface area contributed by atoms with E-state index in [0.29, 0.717) is 17.7 Å². The van der Waals surface area contributed by atoms with Crippen LogP contribution in [0.1, 0.15) is 27.2 Å². The van der Waals surface area contributed by atoms with Gasteiger partial charge in [-0.2, -0.15) is 0 Å². The lowest BCUT2D eigenvalue weighted by molar-refractivity contribution is 0.0598. The molecule has 2 rings (SSSR count). The summed E-state index contributed by atoms with van der Waals surface area (Å²) in [4.78, 5) is 11.6. The quantitative estimate of drug-likeness (QED) is 0.761. The van der Waals surface area contributed by atoms with Gasteiger partial charge in [0, 0.05) is 12.0 Å². The van der Waals surface area contributed by atoms with Gasteiger partial charge < -0.3 is 9.15 Å². The van der Waals surface area contributed by atoms with Crippen LogP contribution in [0, 0.1) is 6.92 Å². The fourth-order valence-electron chi connectivity index (χ4n) is 1.83. The topological polar surface area (TPSA) is 39.4 Å². The molecule has 0 aliphatic heterocycles. The van der Waals surface area contributed by atoms with Crippen LogP contribution in [0.5, 0.6) is 0 Å². The molecule has 0 aliphatic rings. The molecule has 17 heavy (non-hydrogen) atoms. The van der Waals surface area contributed by atoms with Gasteiger partial charge in [-0.3, -0.25) is 0 Å². The van der Waals surface area contributed by atoms with Crippen LogP contribution in [-0.4, -0.2) is 13.1 Å². The number of ether oxygens (including phenoxy) is 1. The largest absolute Gasteiger partial charge is 0.468 e. The zero-order chi connectivity index (χ0) is 12.3. The van der Waals surface area contributed by atoms with Crippen LogP contribution in [-0.2, 0) is 11.2 Å². The number of hydrogen-bond donors (Lipinski definition) is 0. The molecule has 0 saturated heterocycles. The van der Waals surface area contributed by atoms with Crippen LogP contribution < -0.4 is 0 Å². The molecule has 3 heteroatoms. The molecule has 0 fully saturated rings. The number of benzene rings is 1. The number of rotatable bonds is 3. The second kappa shape index (κ2) is 4.87. The lowest BCUT2D eigenvalue weighted by atomic mass is 10.0. The monoisotopic (exact) mass is 230 g/mol. The Hall–Kier alpha value is -2.03. The second-order valence-electron chi connectivity index (χ2n) is 3.85. The van der Waals surface area contributed by atoms with Crippen molar-refractivity contribution in [2.75, 3.05) is 7.11 Å². The first-order chi connectivity index (χ1) is 8.22. The second-order valence-corrected chi connectivity index (χ2v) is 3.85. The summed E-state index contributed by atoms with van der Waals surface area (Å²) in [6.45, 7) is 1.76. The minimum absolute atomic E-state index is 0.345. The number of furan rings is 1. The van der Waals surface area contributed by atoms with Gasteiger partial charge in [0.2, 0.25) is 0 Å². The Bertz CT molecular complexity index is 512. The molecule has 0 N–H and O–H groups in total. The Morgan fingerprint density at radius 3 is 2.65 bits per heavy atom. The third-order valence-electron chi connectivity index (χ3n) is 2.68. The van der Waals surface area contributed by atoms with Crippen LogP contribution >= 0.6 is 0 Å². The number of carbonyl (C=O) groups is 1. The Balaban J connectivity index is 2.31. The maximum atomic E-state index is 11.6. The van der Waals surface area contributed by atoms with Crippen molar-refractivity contribution in [1.82, 2.24) is 0 Å². The van der Waals surface area contributed by atoms with Crippen LogP contribution in [0.25, 0.3) is 0 Å². The smallest absolute Gasteiger partial charge is 0.341 e. The number of aryl methyl sites for hydroxylation is 1. The summed E-state index contributed by atoms with van der Waals surface area (Å²) in [6.07, 6.45) is 2.29. The van der Waals surface area contributed by atoms with Gasteiger partial charge in [-0.05, 0) is 12.5 Å². The predicted molar refractivity (Wildman–Crippen MR) is 64.0 cm³/mol. The van der Waals surface area contributed by atoms with Gasteiger partial charge in [-0.25, -0.2) is 4.79 Å². The molecule has 0 saturated carbocycles. The fraction of sp³-hybridized carbons (Fsp3) is 0.214. The molecule has 0 radical (unpaired) electrons. The van der Waals surface area contributed by atoms with Crippen molar-refractivity contribution in [2.24, 2.45) is 0 Å². The number of methoxy groups -OCH3 is 1. The third kappa shape index (κ3) is 2.38. The third-order valence-corrected chi connectivity index (χ3v) is 2.68. The van der Waals surface area contributed by atoms with E-state index in [1.165, 1.54) is 7.11 Å². The van der Waals surface area contributed by atoms with Gasteiger partial charge >= 0.3 is 5.97 Å². The summed E-state index contributed by atoms with van der Waals surface area (Å²) in [5.41, 5.74) is 2.54. The first kappa shape index (κ1) is 11.5. The summed E-state index contributed by atoms with van der Waals surface area (Å²) in [5, 5.41) is 0. The van der Waals surface area contributed by atoms with E-state index in [1.54, 1.807) is 13.2 Å². The molecular weight excluding hydrogens is 216 g/mol. The highest BCUT2D eigenvalue weighted by Crippen LogP contribution is 2.20. The summed E-state index contributed by atoms with van der Waals surface area (Å²) < 4.78 is 10.0. The van der Waals surface area contributed by atoms with Crippen molar-refractivity contribution in [3.05, 3.63) is 59.0 Å². The van der Waals surface area contributed by atoms with E-state index in [-0.39, 0.29) is 5.97 Å². The maximum Gasteiger partial charge on any atom is 0.341 e. The molecule has 2 aromatic rings. The zero-order valence-corrected chi connectivity index (χ0v) is 9.90. The van der Waals surface area contributed by atoms with E-state index in [2.05, 4.69) is 0 Å². The Morgan fingerprint density at radius 2 is 2.00 bits per heavy atom. The van der Waals surface area contributed by atoms with E-state index in [4.69, 9.17) is 9.15 Å². The highest BCUT2D eigenvalue weighted by atomic mass is 16.5. The lowest BCUT2D eigenvalue weighted by Gasteiger charge is -2.02. The molecule has 3 nitrogen and oxygen atoms in total. The molecular formula is C14H14O3. The molecule has 0 spiro atoms. The molecule has 1 heterocycles. The summed E-state index contributed by atoms with van der Waals surface area (Å²) >= 11 is 0. The van der Waals surface area contributed by atoms with Crippen molar-refractivity contribution in [2.45, 2.75) is 13.3 Å². The standard InChI is InChI=1S/C14H14O3/c1-10-13(14(15)16-2)12(9-17-10)8-11-6-4-3-5-7-11/h3-7,9H,8H2,1-2H3. The van der Waals surface area contributed by atoms with Gasteiger partial charge in [-0.15, -0.1) is 0 Å². The Labute approximate surface area is 100 Å². The zero-order valence-electron chi connectivity index (χ0n) is 9.90. The van der Waals surface area contributed by atoms with Crippen molar-refractivity contribution in [3.63, 3.8) is 0 Å². The van der Waals surface area contributed by atoms with Gasteiger partial charge in [0.1, 0.15) is 11.3 Å². The molecule has 88 valence electrons. The maximum absolute atomic E-state index is 11.6. The highest BCUT2D eigenvalue weighted by molar-refractivity contribution is 5.92. The molecule has 0 amide bonds. The number of esters is 1. The first-order valence-electron chi connectivity index (χ1n) is 5.41. The summed E-state index contributed by atoms with van der Waals surface area (Å²) in [6, 6.07) is 9.94. The van der Waals surface area contributed by atoms with Gasteiger partial charge in [0.15, 0.2) is 0 Å². The van der Waals surface area contributed by atoms with Gasteiger partial charge in [-0.1, -0.05) is 30.3 Å². The molecule has 1 aromatic carbocycles. The molecule has 1 aromatic heterocycles. The highest BCUT2D eigenvalue weighted by Gasteiger charge is 2.18. The lowest BCUT2D eigenvalue weighted by Crippen LogP contribution is -2.05. The van der Waals surface area contributed by atoms with Gasteiger partial charge in [0.05, 0.1) is 13.4 Å². The molecule has 0 bridgehead atoms. The van der Waals surface area contributed by atoms with E-state index < -0.39 is 0 Å². The van der Waals surface area contributed by atoms with Crippen LogP contribution in [0.4, 0.5) is 0 Å². The summed E-state index contributed by atoms with van der Waals surface area (Å²) in [7, 11) is 1.38. The average molecular weight is 230 g/mol. The minimum Gasteiger partial charge on any atom is -0.468 e. The van der Waals surface area contributed by atoms with Crippen molar-refractivity contribution < 1.29 is 13.9 Å². The van der Waals surface area contributed by atoms with E-state index >= 15 is 0 Å².